The number of unbranched alkanes of at least 4 members (excludes halogenated alkanes) is 3. The average molecular weight is 417 g/mol. The highest BCUT2D eigenvalue weighted by Crippen LogP contribution is 2.19. The normalized spacial score (nSPS) is 15.3. The number of quaternary nitrogens is 1. The number of carboxylic acid groups (broad SMARTS) is 2. The summed E-state index contributed by atoms with van der Waals surface area (Å²) in [7, 11) is 0. The molecular weight excluding hydrogens is 376 g/mol. The Balaban J connectivity index is 5.18. The number of aliphatic hydroxyl groups is 1. The molecule has 3 unspecified atom stereocenters. The summed E-state index contributed by atoms with van der Waals surface area (Å²) in [6.45, 7) is 6.75. The van der Waals surface area contributed by atoms with E-state index in [1.807, 2.05) is 0 Å². The predicted octanol–water partition coefficient (Wildman–Crippen LogP) is 0.769. The second-order valence-corrected chi connectivity index (χ2v) is 7.91. The van der Waals surface area contributed by atoms with Gasteiger partial charge in [-0.1, -0.05) is 40.0 Å². The van der Waals surface area contributed by atoms with Crippen LogP contribution in [0.1, 0.15) is 65.7 Å². The molecule has 0 spiro atoms. The summed E-state index contributed by atoms with van der Waals surface area (Å²) in [5.74, 6) is -3.55. The second kappa shape index (κ2) is 15.2. The Morgan fingerprint density at radius 1 is 0.966 bits per heavy atom. The smallest absolute Gasteiger partial charge is 0.312 e. The van der Waals surface area contributed by atoms with Crippen LogP contribution in [0.5, 0.6) is 0 Å². The van der Waals surface area contributed by atoms with Crippen LogP contribution in [-0.2, 0) is 14.4 Å². The van der Waals surface area contributed by atoms with Gasteiger partial charge in [0.2, 0.25) is 5.91 Å². The number of carboxylic acids is 2. The van der Waals surface area contributed by atoms with Crippen LogP contribution in [0, 0.1) is 11.8 Å². The number of nitrogens with zero attached hydrogens (tertiary/aromatic N) is 1. The minimum Gasteiger partial charge on any atom is -0.550 e. The summed E-state index contributed by atoms with van der Waals surface area (Å²) in [6.07, 6.45) is 5.25. The lowest BCUT2D eigenvalue weighted by molar-refractivity contribution is -0.932. The van der Waals surface area contributed by atoms with E-state index in [0.29, 0.717) is 32.4 Å². The van der Waals surface area contributed by atoms with E-state index in [4.69, 9.17) is 0 Å². The molecule has 0 fully saturated rings. The van der Waals surface area contributed by atoms with Crippen molar-refractivity contribution in [2.45, 2.75) is 65.7 Å². The van der Waals surface area contributed by atoms with E-state index in [9.17, 15) is 29.7 Å². The van der Waals surface area contributed by atoms with Gasteiger partial charge >= 0.3 is 5.97 Å². The molecule has 0 aromatic rings. The molecule has 0 aliphatic rings. The van der Waals surface area contributed by atoms with E-state index in [2.05, 4.69) is 12.2 Å². The number of aliphatic carboxylic acids is 2. The lowest BCUT2D eigenvalue weighted by Gasteiger charge is -2.42. The SMILES string of the molecule is CCCCCCC(=O)NCC[N+](CCO)(CC(CC)C(=O)[O-])CC(CC)C(=O)O. The van der Waals surface area contributed by atoms with Gasteiger partial charge in [0.25, 0.3) is 0 Å². The Morgan fingerprint density at radius 2 is 1.59 bits per heavy atom. The van der Waals surface area contributed by atoms with Crippen molar-refractivity contribution in [3.63, 3.8) is 0 Å². The second-order valence-electron chi connectivity index (χ2n) is 7.91. The first-order valence-electron chi connectivity index (χ1n) is 10.9. The molecule has 0 aromatic carbocycles. The van der Waals surface area contributed by atoms with Crippen molar-refractivity contribution < 1.29 is 34.2 Å². The Hall–Kier alpha value is -1.67. The first kappa shape index (κ1) is 27.3. The molecule has 0 saturated carbocycles. The van der Waals surface area contributed by atoms with Crippen molar-refractivity contribution in [1.29, 1.82) is 0 Å². The fourth-order valence-corrected chi connectivity index (χ4v) is 3.68. The van der Waals surface area contributed by atoms with E-state index in [1.165, 1.54) is 0 Å². The van der Waals surface area contributed by atoms with E-state index in [-0.39, 0.29) is 36.6 Å². The maximum absolute atomic E-state index is 12.1. The van der Waals surface area contributed by atoms with E-state index in [1.54, 1.807) is 13.8 Å². The average Bonchev–Trinajstić information content (AvgIpc) is 2.67. The molecule has 1 amide bonds. The third-order valence-corrected chi connectivity index (χ3v) is 5.62. The molecule has 29 heavy (non-hydrogen) atoms. The van der Waals surface area contributed by atoms with Crippen molar-refractivity contribution in [3.05, 3.63) is 0 Å². The summed E-state index contributed by atoms with van der Waals surface area (Å²) >= 11 is 0. The first-order chi connectivity index (χ1) is 13.7. The lowest BCUT2D eigenvalue weighted by atomic mass is 9.99. The zero-order valence-corrected chi connectivity index (χ0v) is 18.3. The van der Waals surface area contributed by atoms with Crippen LogP contribution in [-0.4, -0.2) is 71.9 Å². The van der Waals surface area contributed by atoms with E-state index < -0.39 is 23.8 Å². The molecule has 0 bridgehead atoms. The number of aliphatic hydroxyl groups excluding tert-OH is 1. The molecule has 0 rings (SSSR count). The molecule has 170 valence electrons. The highest BCUT2D eigenvalue weighted by molar-refractivity contribution is 5.75. The van der Waals surface area contributed by atoms with Gasteiger partial charge in [-0.05, 0) is 19.3 Å². The van der Waals surface area contributed by atoms with Crippen LogP contribution in [0.2, 0.25) is 0 Å². The van der Waals surface area contributed by atoms with Gasteiger partial charge in [-0.25, -0.2) is 0 Å². The van der Waals surface area contributed by atoms with Crippen molar-refractivity contribution in [2.75, 3.05) is 39.3 Å². The number of hydrogen-bond donors (Lipinski definition) is 3. The highest BCUT2D eigenvalue weighted by Gasteiger charge is 2.35. The number of carbonyl (C=O) groups is 3. The summed E-state index contributed by atoms with van der Waals surface area (Å²) < 4.78 is 0.129. The van der Waals surface area contributed by atoms with Gasteiger partial charge in [-0.2, -0.15) is 0 Å². The molecule has 3 atom stereocenters. The molecule has 0 saturated heterocycles. The number of rotatable bonds is 18. The molecule has 8 nitrogen and oxygen atoms in total. The number of amides is 1. The maximum Gasteiger partial charge on any atom is 0.312 e. The molecule has 0 aliphatic carbocycles. The van der Waals surface area contributed by atoms with Gasteiger partial charge in [0.15, 0.2) is 0 Å². The van der Waals surface area contributed by atoms with Gasteiger partial charge in [-0.15, -0.1) is 0 Å². The van der Waals surface area contributed by atoms with Gasteiger partial charge < -0.3 is 29.9 Å². The summed E-state index contributed by atoms with van der Waals surface area (Å²) in [5.41, 5.74) is 0. The van der Waals surface area contributed by atoms with Crippen molar-refractivity contribution in [1.82, 2.24) is 5.32 Å². The highest BCUT2D eigenvalue weighted by atomic mass is 16.4. The van der Waals surface area contributed by atoms with Crippen LogP contribution in [0.15, 0.2) is 0 Å². The molecule has 0 radical (unpaired) electrons. The zero-order chi connectivity index (χ0) is 22.3. The molecule has 0 aliphatic heterocycles. The fraction of sp³-hybridized carbons (Fsp3) is 0.857. The zero-order valence-electron chi connectivity index (χ0n) is 18.3. The lowest BCUT2D eigenvalue weighted by Crippen LogP contribution is -2.59. The predicted molar refractivity (Wildman–Crippen MR) is 109 cm³/mol. The summed E-state index contributed by atoms with van der Waals surface area (Å²) in [4.78, 5) is 35.1. The Morgan fingerprint density at radius 3 is 2.07 bits per heavy atom. The Bertz CT molecular complexity index is 474. The largest absolute Gasteiger partial charge is 0.550 e. The standard InChI is InChI=1S/C21H40N2O6/c1-4-7-8-9-10-19(25)22-11-12-23(13-14-24,15-17(5-2)20(26)27)16-18(6-3)21(28)29/h17-18,24H,4-16H2,1-3H3,(H2-,22,25,26,27,28,29). The maximum atomic E-state index is 12.1. The number of hydrogen-bond acceptors (Lipinski definition) is 5. The van der Waals surface area contributed by atoms with Gasteiger partial charge in [-0.3, -0.25) is 9.59 Å². The molecule has 0 heterocycles. The quantitative estimate of drug-likeness (QED) is 0.224. The van der Waals surface area contributed by atoms with Crippen LogP contribution < -0.4 is 10.4 Å². The molecule has 3 N–H and O–H groups in total. The van der Waals surface area contributed by atoms with E-state index >= 15 is 0 Å². The minimum atomic E-state index is -1.17. The summed E-state index contributed by atoms with van der Waals surface area (Å²) in [5, 5.41) is 33.5. The minimum absolute atomic E-state index is 0.0552. The van der Waals surface area contributed by atoms with Crippen LogP contribution in [0.3, 0.4) is 0 Å². The summed E-state index contributed by atoms with van der Waals surface area (Å²) in [6, 6.07) is 0. The van der Waals surface area contributed by atoms with Crippen molar-refractivity contribution in [3.8, 4) is 0 Å². The fourth-order valence-electron chi connectivity index (χ4n) is 3.68. The third kappa shape index (κ3) is 11.2. The first-order valence-corrected chi connectivity index (χ1v) is 10.9. The van der Waals surface area contributed by atoms with Crippen LogP contribution in [0.4, 0.5) is 0 Å². The number of nitrogens with one attached hydrogen (secondary N) is 1. The molecule has 8 heteroatoms. The van der Waals surface area contributed by atoms with Crippen molar-refractivity contribution >= 4 is 17.8 Å². The van der Waals surface area contributed by atoms with Gasteiger partial charge in [0.05, 0.1) is 38.8 Å². The molecule has 0 aromatic heterocycles. The van der Waals surface area contributed by atoms with Crippen LogP contribution in [0.25, 0.3) is 0 Å². The van der Waals surface area contributed by atoms with Crippen molar-refractivity contribution in [2.24, 2.45) is 11.8 Å². The molecular formula is C21H40N2O6. The number of carbonyl (C=O) groups excluding carboxylic acids is 2. The third-order valence-electron chi connectivity index (χ3n) is 5.62. The van der Waals surface area contributed by atoms with Gasteiger partial charge in [0, 0.05) is 12.3 Å². The van der Waals surface area contributed by atoms with Gasteiger partial charge in [0.1, 0.15) is 12.5 Å². The van der Waals surface area contributed by atoms with E-state index in [0.717, 1.165) is 25.7 Å². The Labute approximate surface area is 174 Å². The topological polar surface area (TPSA) is 127 Å². The van der Waals surface area contributed by atoms with Crippen LogP contribution >= 0.6 is 0 Å². The monoisotopic (exact) mass is 416 g/mol. The Kier molecular flexibility index (Phi) is 14.3.